The van der Waals surface area contributed by atoms with Gasteiger partial charge in [0.1, 0.15) is 0 Å². The highest BCUT2D eigenvalue weighted by molar-refractivity contribution is 7.99. The molecule has 2 rings (SSSR count). The Labute approximate surface area is 316 Å². The molecule has 5 nitrogen and oxygen atoms in total. The van der Waals surface area contributed by atoms with Gasteiger partial charge in [0.15, 0.2) is 25.0 Å². The van der Waals surface area contributed by atoms with Crippen molar-refractivity contribution in [1.82, 2.24) is 0 Å². The van der Waals surface area contributed by atoms with Gasteiger partial charge in [0, 0.05) is 17.1 Å². The molecule has 1 aromatic carbocycles. The van der Waals surface area contributed by atoms with Gasteiger partial charge in [0.2, 0.25) is 0 Å². The van der Waals surface area contributed by atoms with Crippen molar-refractivity contribution in [1.29, 1.82) is 0 Å². The number of hydrogen-bond acceptors (Lipinski definition) is 6. The summed E-state index contributed by atoms with van der Waals surface area (Å²) in [4.78, 5) is 13.0. The fraction of sp³-hybridized carbons (Fsp3) is 0.829. The molecule has 1 aliphatic carbocycles. The van der Waals surface area contributed by atoms with Crippen LogP contribution in [-0.4, -0.2) is 62.1 Å². The number of carbonyl (C=O) groups excluding carboxylic acids is 1. The summed E-state index contributed by atoms with van der Waals surface area (Å²) < 4.78 is 26.9. The number of rotatable bonds is 19. The standard InChI is InChI=1S/C41H78O5SSi3/c1-39(2,3)48(11,12)44-32(31-47-33-24-20-19-21-25-33)28-29-35-34(26-22-17-18-23-27-38(42)43-10)36(45-49(13,14)40(4,5)6)30-37(35)46-50(15,16)41(7,8)9/h19-21,24-25,32,34-37H,17-18,22-23,26-31H2,1-16H3/t32?,34-,35-,36+,37-/m1/s1. The van der Waals surface area contributed by atoms with E-state index in [1.165, 1.54) is 12.0 Å². The van der Waals surface area contributed by atoms with Crippen molar-refractivity contribution in [2.75, 3.05) is 12.9 Å². The molecule has 0 N–H and O–H groups in total. The SMILES string of the molecule is COC(=O)CCCCCC[C@@H]1[C@@H](CCC(CSc2ccccc2)O[Si](C)(C)C(C)(C)C)[C@H](O[Si](C)(C)C(C)(C)C)C[C@@H]1O[Si](C)(C)C(C)(C)C. The third-order valence-electron chi connectivity index (χ3n) is 12.6. The molecule has 9 heteroatoms. The predicted octanol–water partition coefficient (Wildman–Crippen LogP) is 12.9. The van der Waals surface area contributed by atoms with Gasteiger partial charge in [-0.25, -0.2) is 0 Å². The molecule has 50 heavy (non-hydrogen) atoms. The average Bonchev–Trinajstić information content (AvgIpc) is 3.28. The van der Waals surface area contributed by atoms with Gasteiger partial charge in [-0.05, 0) is 110 Å². The summed E-state index contributed by atoms with van der Waals surface area (Å²) in [5, 5.41) is 0.448. The maximum Gasteiger partial charge on any atom is 0.305 e. The van der Waals surface area contributed by atoms with Crippen LogP contribution in [0.15, 0.2) is 35.2 Å². The molecular formula is C41H78O5SSi3. The first-order valence-electron chi connectivity index (χ1n) is 19.6. The maximum atomic E-state index is 11.7. The van der Waals surface area contributed by atoms with Crippen LogP contribution < -0.4 is 0 Å². The average molecular weight is 767 g/mol. The van der Waals surface area contributed by atoms with Crippen molar-refractivity contribution in [3.8, 4) is 0 Å². The van der Waals surface area contributed by atoms with Crippen molar-refractivity contribution in [3.05, 3.63) is 30.3 Å². The molecule has 290 valence electrons. The third-order valence-corrected chi connectivity index (χ3v) is 27.3. The fourth-order valence-electron chi connectivity index (χ4n) is 6.27. The van der Waals surface area contributed by atoms with Gasteiger partial charge in [-0.15, -0.1) is 11.8 Å². The summed E-state index contributed by atoms with van der Waals surface area (Å²) in [6, 6.07) is 10.8. The Morgan fingerprint density at radius 1 is 0.720 bits per heavy atom. The predicted molar refractivity (Wildman–Crippen MR) is 224 cm³/mol. The van der Waals surface area contributed by atoms with Gasteiger partial charge in [0.05, 0.1) is 25.4 Å². The minimum Gasteiger partial charge on any atom is -0.469 e. The molecule has 0 heterocycles. The molecule has 5 atom stereocenters. The molecule has 1 aliphatic rings. The molecule has 0 spiro atoms. The van der Waals surface area contributed by atoms with Crippen LogP contribution in [0.2, 0.25) is 54.4 Å². The lowest BCUT2D eigenvalue weighted by Crippen LogP contribution is -2.46. The Bertz CT molecular complexity index is 1150. The number of thioether (sulfide) groups is 1. The number of unbranched alkanes of at least 4 members (excludes halogenated alkanes) is 3. The van der Waals surface area contributed by atoms with Gasteiger partial charge < -0.3 is 18.0 Å². The van der Waals surface area contributed by atoms with Gasteiger partial charge in [-0.2, -0.15) is 0 Å². The Morgan fingerprint density at radius 3 is 1.68 bits per heavy atom. The summed E-state index contributed by atoms with van der Waals surface area (Å²) in [7, 11) is -4.53. The number of carbonyl (C=O) groups is 1. The van der Waals surface area contributed by atoms with E-state index < -0.39 is 25.0 Å². The van der Waals surface area contributed by atoms with Crippen LogP contribution >= 0.6 is 11.8 Å². The molecule has 0 saturated heterocycles. The molecule has 0 aromatic heterocycles. The normalized spacial score (nSPS) is 21.8. The first-order valence-corrected chi connectivity index (χ1v) is 29.3. The zero-order chi connectivity index (χ0) is 38.2. The minimum atomic E-state index is -2.02. The monoisotopic (exact) mass is 766 g/mol. The Morgan fingerprint density at radius 2 is 1.20 bits per heavy atom. The van der Waals surface area contributed by atoms with Crippen molar-refractivity contribution in [2.45, 2.75) is 198 Å². The second kappa shape index (κ2) is 18.7. The summed E-state index contributed by atoms with van der Waals surface area (Å²) in [5.41, 5.74) is 0. The summed E-state index contributed by atoms with van der Waals surface area (Å²) in [6.45, 7) is 35.7. The largest absolute Gasteiger partial charge is 0.469 e. The highest BCUT2D eigenvalue weighted by Crippen LogP contribution is 2.49. The zero-order valence-corrected chi connectivity index (χ0v) is 39.1. The number of methoxy groups -OCH3 is 1. The van der Waals surface area contributed by atoms with Gasteiger partial charge in [-0.3, -0.25) is 4.79 Å². The van der Waals surface area contributed by atoms with Crippen LogP contribution in [0.5, 0.6) is 0 Å². The van der Waals surface area contributed by atoms with E-state index in [9.17, 15) is 4.79 Å². The molecule has 1 fully saturated rings. The maximum absolute atomic E-state index is 11.7. The topological polar surface area (TPSA) is 54.0 Å². The number of hydrogen-bond donors (Lipinski definition) is 0. The molecule has 0 bridgehead atoms. The molecule has 1 unspecified atom stereocenters. The van der Waals surface area contributed by atoms with Crippen molar-refractivity contribution in [3.63, 3.8) is 0 Å². The summed E-state index contributed by atoms with van der Waals surface area (Å²) in [5.74, 6) is 1.75. The first-order chi connectivity index (χ1) is 22.8. The van der Waals surface area contributed by atoms with E-state index in [0.717, 1.165) is 57.1 Å². The number of benzene rings is 1. The second-order valence-corrected chi connectivity index (χ2v) is 35.0. The Balaban J connectivity index is 2.44. The van der Waals surface area contributed by atoms with Crippen LogP contribution in [0.4, 0.5) is 0 Å². The lowest BCUT2D eigenvalue weighted by Gasteiger charge is -2.41. The van der Waals surface area contributed by atoms with E-state index in [-0.39, 0.29) is 39.4 Å². The highest BCUT2D eigenvalue weighted by Gasteiger charge is 2.51. The van der Waals surface area contributed by atoms with Crippen LogP contribution in [0.1, 0.15) is 120 Å². The molecule has 0 aliphatic heterocycles. The quantitative estimate of drug-likeness (QED) is 0.0605. The Kier molecular flexibility index (Phi) is 17.1. The molecular weight excluding hydrogens is 689 g/mol. The van der Waals surface area contributed by atoms with E-state index in [0.29, 0.717) is 18.3 Å². The lowest BCUT2D eigenvalue weighted by molar-refractivity contribution is -0.140. The van der Waals surface area contributed by atoms with Crippen LogP contribution in [0.3, 0.4) is 0 Å². The van der Waals surface area contributed by atoms with E-state index in [4.69, 9.17) is 18.0 Å². The first kappa shape index (κ1) is 45.7. The van der Waals surface area contributed by atoms with Crippen LogP contribution in [-0.2, 0) is 22.8 Å². The van der Waals surface area contributed by atoms with E-state index in [1.54, 1.807) is 0 Å². The van der Waals surface area contributed by atoms with E-state index in [1.807, 2.05) is 11.8 Å². The van der Waals surface area contributed by atoms with Gasteiger partial charge in [-0.1, -0.05) is 99.8 Å². The molecule has 0 amide bonds. The van der Waals surface area contributed by atoms with Gasteiger partial charge >= 0.3 is 5.97 Å². The molecule has 0 radical (unpaired) electrons. The lowest BCUT2D eigenvalue weighted by atomic mass is 9.85. The van der Waals surface area contributed by atoms with Crippen LogP contribution in [0.25, 0.3) is 0 Å². The second-order valence-electron chi connectivity index (χ2n) is 19.6. The number of esters is 1. The zero-order valence-electron chi connectivity index (χ0n) is 35.3. The van der Waals surface area contributed by atoms with Crippen molar-refractivity contribution < 1.29 is 22.8 Å². The summed E-state index contributed by atoms with van der Waals surface area (Å²) >= 11 is 1.93. The smallest absolute Gasteiger partial charge is 0.305 e. The third kappa shape index (κ3) is 13.8. The minimum absolute atomic E-state index is 0.103. The summed E-state index contributed by atoms with van der Waals surface area (Å²) in [6.07, 6.45) is 9.62. The Hall–Kier alpha value is -0.429. The van der Waals surface area contributed by atoms with Crippen molar-refractivity contribution >= 4 is 42.7 Å². The molecule has 1 saturated carbocycles. The van der Waals surface area contributed by atoms with E-state index in [2.05, 4.69) is 132 Å². The van der Waals surface area contributed by atoms with Gasteiger partial charge in [0.25, 0.3) is 0 Å². The highest BCUT2D eigenvalue weighted by atomic mass is 32.2. The number of ether oxygens (including phenoxy) is 1. The van der Waals surface area contributed by atoms with Crippen LogP contribution in [0, 0.1) is 11.8 Å². The van der Waals surface area contributed by atoms with Crippen molar-refractivity contribution in [2.24, 2.45) is 11.8 Å². The fourth-order valence-corrected chi connectivity index (χ4v) is 11.5. The molecule has 1 aromatic rings. The van der Waals surface area contributed by atoms with E-state index >= 15 is 0 Å².